The summed E-state index contributed by atoms with van der Waals surface area (Å²) in [5.74, 6) is 0.316. The molecule has 4 nitrogen and oxygen atoms in total. The van der Waals surface area contributed by atoms with Gasteiger partial charge in [0.25, 0.3) is 0 Å². The summed E-state index contributed by atoms with van der Waals surface area (Å²) >= 11 is 0. The fourth-order valence-corrected chi connectivity index (χ4v) is 2.38. The number of halogens is 1. The van der Waals surface area contributed by atoms with Gasteiger partial charge in [0.1, 0.15) is 17.5 Å². The molecule has 0 amide bonds. The van der Waals surface area contributed by atoms with Gasteiger partial charge in [0, 0.05) is 24.8 Å². The highest BCUT2D eigenvalue weighted by Gasteiger charge is 2.16. The van der Waals surface area contributed by atoms with Crippen LogP contribution in [0.15, 0.2) is 30.3 Å². The van der Waals surface area contributed by atoms with Crippen LogP contribution in [-0.4, -0.2) is 17.9 Å². The second-order valence-electron chi connectivity index (χ2n) is 5.14. The highest BCUT2D eigenvalue weighted by Crippen LogP contribution is 2.23. The van der Waals surface area contributed by atoms with Crippen molar-refractivity contribution in [3.8, 4) is 0 Å². The first-order chi connectivity index (χ1) is 9.90. The molecule has 0 unspecified atom stereocenters. The van der Waals surface area contributed by atoms with E-state index in [0.29, 0.717) is 23.5 Å². The molecule has 0 saturated carbocycles. The molecule has 110 valence electrons. The molecule has 1 aromatic carbocycles. The average Bonchev–Trinajstić information content (AvgIpc) is 2.39. The van der Waals surface area contributed by atoms with Crippen molar-refractivity contribution in [2.45, 2.75) is 20.4 Å². The minimum Gasteiger partial charge on any atom is -0.384 e. The molecule has 1 aromatic heterocycles. The maximum absolute atomic E-state index is 13.8. The van der Waals surface area contributed by atoms with E-state index in [1.165, 1.54) is 6.07 Å². The van der Waals surface area contributed by atoms with Gasteiger partial charge in [-0.1, -0.05) is 18.2 Å². The topological polar surface area (TPSA) is 66.0 Å². The average molecular weight is 286 g/mol. The molecule has 5 heteroatoms. The first-order valence-electron chi connectivity index (χ1n) is 6.67. The van der Waals surface area contributed by atoms with Crippen LogP contribution in [-0.2, 0) is 6.54 Å². The van der Waals surface area contributed by atoms with E-state index in [9.17, 15) is 4.39 Å². The number of nitrogens with one attached hydrogen (secondary N) is 1. The number of aromatic nitrogens is 1. The first kappa shape index (κ1) is 15.0. The zero-order valence-corrected chi connectivity index (χ0v) is 12.4. The molecule has 0 spiro atoms. The summed E-state index contributed by atoms with van der Waals surface area (Å²) in [5, 5.41) is 7.74. The summed E-state index contributed by atoms with van der Waals surface area (Å²) in [5.41, 5.74) is 8.58. The highest BCUT2D eigenvalue weighted by molar-refractivity contribution is 6.01. The van der Waals surface area contributed by atoms with Crippen LogP contribution in [0.5, 0.6) is 0 Å². The van der Waals surface area contributed by atoms with Gasteiger partial charge in [-0.15, -0.1) is 0 Å². The molecule has 1 heterocycles. The molecule has 0 bridgehead atoms. The molecule has 2 aromatic rings. The number of nitrogen functional groups attached to an aromatic ring is 1. The standard InChI is InChI=1S/C16H19FN4/c1-10-8-11(2)20-16(14(10)15(18)19)21(3)9-12-6-4-5-7-13(12)17/h4-8H,9H2,1-3H3,(H3,18,19). The Kier molecular flexibility index (Phi) is 4.21. The van der Waals surface area contributed by atoms with E-state index < -0.39 is 0 Å². The van der Waals surface area contributed by atoms with Crippen LogP contribution < -0.4 is 10.6 Å². The summed E-state index contributed by atoms with van der Waals surface area (Å²) in [6.07, 6.45) is 0. The zero-order valence-electron chi connectivity index (χ0n) is 12.4. The minimum atomic E-state index is -0.252. The lowest BCUT2D eigenvalue weighted by atomic mass is 10.1. The van der Waals surface area contributed by atoms with E-state index in [1.54, 1.807) is 18.2 Å². The third kappa shape index (κ3) is 3.18. The second kappa shape index (κ2) is 5.91. The summed E-state index contributed by atoms with van der Waals surface area (Å²) < 4.78 is 13.8. The molecule has 0 saturated heterocycles. The van der Waals surface area contributed by atoms with Crippen LogP contribution in [0.4, 0.5) is 10.2 Å². The Balaban J connectivity index is 2.41. The van der Waals surface area contributed by atoms with Gasteiger partial charge in [-0.05, 0) is 31.5 Å². The van der Waals surface area contributed by atoms with Crippen LogP contribution in [0.2, 0.25) is 0 Å². The van der Waals surface area contributed by atoms with Crippen molar-refractivity contribution < 1.29 is 4.39 Å². The van der Waals surface area contributed by atoms with Crippen molar-refractivity contribution in [3.63, 3.8) is 0 Å². The molecular weight excluding hydrogens is 267 g/mol. The molecule has 0 atom stereocenters. The monoisotopic (exact) mass is 286 g/mol. The van der Waals surface area contributed by atoms with Crippen molar-refractivity contribution in [2.24, 2.45) is 5.73 Å². The lowest BCUT2D eigenvalue weighted by Gasteiger charge is -2.23. The Morgan fingerprint density at radius 2 is 2.00 bits per heavy atom. The van der Waals surface area contributed by atoms with Gasteiger partial charge < -0.3 is 10.6 Å². The number of hydrogen-bond acceptors (Lipinski definition) is 3. The van der Waals surface area contributed by atoms with E-state index >= 15 is 0 Å². The van der Waals surface area contributed by atoms with Gasteiger partial charge in [0.05, 0.1) is 5.56 Å². The van der Waals surface area contributed by atoms with Crippen LogP contribution in [0.25, 0.3) is 0 Å². The summed E-state index contributed by atoms with van der Waals surface area (Å²) in [6.45, 7) is 4.14. The molecule has 21 heavy (non-hydrogen) atoms. The Bertz CT molecular complexity index is 682. The van der Waals surface area contributed by atoms with Gasteiger partial charge in [-0.25, -0.2) is 9.37 Å². The molecule has 2 rings (SSSR count). The van der Waals surface area contributed by atoms with Crippen LogP contribution >= 0.6 is 0 Å². The Hall–Kier alpha value is -2.43. The lowest BCUT2D eigenvalue weighted by Crippen LogP contribution is -2.25. The van der Waals surface area contributed by atoms with Crippen LogP contribution in [0.3, 0.4) is 0 Å². The molecule has 0 radical (unpaired) electrons. The molecule has 0 aliphatic heterocycles. The quantitative estimate of drug-likeness (QED) is 0.671. The van der Waals surface area contributed by atoms with Crippen molar-refractivity contribution in [1.82, 2.24) is 4.98 Å². The van der Waals surface area contributed by atoms with E-state index in [0.717, 1.165) is 11.3 Å². The highest BCUT2D eigenvalue weighted by atomic mass is 19.1. The van der Waals surface area contributed by atoms with Gasteiger partial charge in [0.2, 0.25) is 0 Å². The van der Waals surface area contributed by atoms with Gasteiger partial charge >= 0.3 is 0 Å². The number of amidine groups is 1. The van der Waals surface area contributed by atoms with E-state index in [1.807, 2.05) is 31.9 Å². The molecule has 0 aliphatic rings. The maximum Gasteiger partial charge on any atom is 0.140 e. The van der Waals surface area contributed by atoms with Gasteiger partial charge in [-0.3, -0.25) is 5.41 Å². The van der Waals surface area contributed by atoms with Crippen molar-refractivity contribution >= 4 is 11.7 Å². The molecule has 0 fully saturated rings. The number of pyridine rings is 1. The number of anilines is 1. The molecule has 0 aliphatic carbocycles. The summed E-state index contributed by atoms with van der Waals surface area (Å²) in [4.78, 5) is 6.28. The number of aryl methyl sites for hydroxylation is 2. The third-order valence-electron chi connectivity index (χ3n) is 3.32. The fourth-order valence-electron chi connectivity index (χ4n) is 2.38. The van der Waals surface area contributed by atoms with Crippen molar-refractivity contribution in [3.05, 3.63) is 58.5 Å². The predicted molar refractivity (Wildman–Crippen MR) is 83.2 cm³/mol. The lowest BCUT2D eigenvalue weighted by molar-refractivity contribution is 0.607. The van der Waals surface area contributed by atoms with E-state index in [-0.39, 0.29) is 11.7 Å². The van der Waals surface area contributed by atoms with Gasteiger partial charge in [-0.2, -0.15) is 0 Å². The normalized spacial score (nSPS) is 10.5. The third-order valence-corrected chi connectivity index (χ3v) is 3.32. The fraction of sp³-hybridized carbons (Fsp3) is 0.250. The minimum absolute atomic E-state index is 0.0321. The van der Waals surface area contributed by atoms with E-state index in [4.69, 9.17) is 11.1 Å². The zero-order chi connectivity index (χ0) is 15.6. The first-order valence-corrected chi connectivity index (χ1v) is 6.67. The molecular formula is C16H19FN4. The SMILES string of the molecule is Cc1cc(C)c(C(=N)N)c(N(C)Cc2ccccc2F)n1. The van der Waals surface area contributed by atoms with Crippen molar-refractivity contribution in [1.29, 1.82) is 5.41 Å². The van der Waals surface area contributed by atoms with Crippen LogP contribution in [0.1, 0.15) is 22.4 Å². The van der Waals surface area contributed by atoms with E-state index in [2.05, 4.69) is 4.98 Å². The Morgan fingerprint density at radius 3 is 2.62 bits per heavy atom. The number of nitrogens with zero attached hydrogens (tertiary/aromatic N) is 2. The Morgan fingerprint density at radius 1 is 1.33 bits per heavy atom. The predicted octanol–water partition coefficient (Wildman–Crippen LogP) is 2.76. The van der Waals surface area contributed by atoms with Crippen LogP contribution in [0, 0.1) is 25.1 Å². The Labute approximate surface area is 123 Å². The van der Waals surface area contributed by atoms with Gasteiger partial charge in [0.15, 0.2) is 0 Å². The van der Waals surface area contributed by atoms with Crippen molar-refractivity contribution in [2.75, 3.05) is 11.9 Å². The molecule has 3 N–H and O–H groups in total. The number of rotatable bonds is 4. The number of benzene rings is 1. The largest absolute Gasteiger partial charge is 0.384 e. The maximum atomic E-state index is 13.8. The number of nitrogens with two attached hydrogens (primary N) is 1. The summed E-state index contributed by atoms with van der Waals surface area (Å²) in [6, 6.07) is 8.52. The number of hydrogen-bond donors (Lipinski definition) is 2. The second-order valence-corrected chi connectivity index (χ2v) is 5.14. The summed E-state index contributed by atoms with van der Waals surface area (Å²) in [7, 11) is 1.82. The smallest absolute Gasteiger partial charge is 0.140 e.